The Morgan fingerprint density at radius 1 is 1.45 bits per heavy atom. The number of carbonyl (C=O) groups excluding carboxylic acids is 1. The number of carboxylic acid groups (broad SMARTS) is 1. The molecule has 1 heterocycles. The predicted molar refractivity (Wildman–Crippen MR) is 74.6 cm³/mol. The number of aryl methyl sites for hydroxylation is 3. The van der Waals surface area contributed by atoms with Gasteiger partial charge in [0.05, 0.1) is 12.1 Å². The molecule has 0 atom stereocenters. The Bertz CT molecular complexity index is 470. The van der Waals surface area contributed by atoms with Crippen molar-refractivity contribution in [1.29, 1.82) is 0 Å². The molecule has 2 amide bonds. The molecule has 0 aliphatic rings. The number of aliphatic carboxylic acids is 1. The van der Waals surface area contributed by atoms with E-state index in [0.29, 0.717) is 6.54 Å². The van der Waals surface area contributed by atoms with Crippen molar-refractivity contribution in [2.45, 2.75) is 33.2 Å². The molecule has 20 heavy (non-hydrogen) atoms. The maximum Gasteiger partial charge on any atom is 0.317 e. The van der Waals surface area contributed by atoms with E-state index in [1.54, 1.807) is 7.05 Å². The van der Waals surface area contributed by atoms with Crippen LogP contribution in [0.3, 0.4) is 0 Å². The highest BCUT2D eigenvalue weighted by Crippen LogP contribution is 2.02. The molecule has 0 bridgehead atoms. The largest absolute Gasteiger partial charge is 0.481 e. The minimum Gasteiger partial charge on any atom is -0.481 e. The van der Waals surface area contributed by atoms with E-state index in [1.807, 2.05) is 24.6 Å². The first-order valence-electron chi connectivity index (χ1n) is 6.62. The van der Waals surface area contributed by atoms with Crippen LogP contribution in [-0.2, 0) is 11.3 Å². The third-order valence-corrected chi connectivity index (χ3v) is 2.93. The van der Waals surface area contributed by atoms with E-state index in [2.05, 4.69) is 10.4 Å². The van der Waals surface area contributed by atoms with Gasteiger partial charge in [-0.2, -0.15) is 5.10 Å². The van der Waals surface area contributed by atoms with Crippen molar-refractivity contribution in [3.63, 3.8) is 0 Å². The zero-order chi connectivity index (χ0) is 15.1. The SMILES string of the molecule is Cc1cc(C)n(CCCNC(=O)N(C)CCC(=O)O)n1. The van der Waals surface area contributed by atoms with E-state index in [1.165, 1.54) is 4.90 Å². The van der Waals surface area contributed by atoms with Gasteiger partial charge < -0.3 is 15.3 Å². The average molecular weight is 282 g/mol. The second-order valence-corrected chi connectivity index (χ2v) is 4.80. The Balaban J connectivity index is 2.22. The molecule has 2 N–H and O–H groups in total. The summed E-state index contributed by atoms with van der Waals surface area (Å²) in [6, 6.07) is 1.76. The van der Waals surface area contributed by atoms with Gasteiger partial charge in [-0.3, -0.25) is 9.48 Å². The molecule has 1 aromatic heterocycles. The highest BCUT2D eigenvalue weighted by molar-refractivity contribution is 5.74. The van der Waals surface area contributed by atoms with E-state index in [0.717, 1.165) is 24.4 Å². The lowest BCUT2D eigenvalue weighted by Gasteiger charge is -2.16. The van der Waals surface area contributed by atoms with Gasteiger partial charge in [0.15, 0.2) is 0 Å². The predicted octanol–water partition coefficient (Wildman–Crippen LogP) is 1.01. The van der Waals surface area contributed by atoms with E-state index >= 15 is 0 Å². The molecule has 0 aromatic carbocycles. The summed E-state index contributed by atoms with van der Waals surface area (Å²) in [5, 5.41) is 15.6. The molecule has 1 aromatic rings. The Morgan fingerprint density at radius 3 is 2.70 bits per heavy atom. The highest BCUT2D eigenvalue weighted by Gasteiger charge is 2.09. The Morgan fingerprint density at radius 2 is 2.15 bits per heavy atom. The van der Waals surface area contributed by atoms with Crippen LogP contribution >= 0.6 is 0 Å². The number of carbonyl (C=O) groups is 2. The molecule has 7 nitrogen and oxygen atoms in total. The lowest BCUT2D eigenvalue weighted by atomic mass is 10.4. The van der Waals surface area contributed by atoms with Crippen molar-refractivity contribution >= 4 is 12.0 Å². The van der Waals surface area contributed by atoms with Gasteiger partial charge in [0.25, 0.3) is 0 Å². The van der Waals surface area contributed by atoms with Crippen LogP contribution in [0.25, 0.3) is 0 Å². The molecule has 0 aliphatic heterocycles. The molecule has 1 rings (SSSR count). The molecule has 7 heteroatoms. The maximum absolute atomic E-state index is 11.6. The second-order valence-electron chi connectivity index (χ2n) is 4.80. The topological polar surface area (TPSA) is 87.5 Å². The number of urea groups is 1. The van der Waals surface area contributed by atoms with Crippen molar-refractivity contribution in [2.24, 2.45) is 0 Å². The van der Waals surface area contributed by atoms with Gasteiger partial charge >= 0.3 is 12.0 Å². The molecular weight excluding hydrogens is 260 g/mol. The number of carboxylic acids is 1. The number of amides is 2. The van der Waals surface area contributed by atoms with Crippen LogP contribution in [0.4, 0.5) is 4.79 Å². The fourth-order valence-corrected chi connectivity index (χ4v) is 1.83. The lowest BCUT2D eigenvalue weighted by molar-refractivity contribution is -0.137. The van der Waals surface area contributed by atoms with Crippen molar-refractivity contribution in [2.75, 3.05) is 20.1 Å². The quantitative estimate of drug-likeness (QED) is 0.730. The Kier molecular flexibility index (Phi) is 6.02. The van der Waals surface area contributed by atoms with Crippen LogP contribution in [-0.4, -0.2) is 51.9 Å². The van der Waals surface area contributed by atoms with Crippen molar-refractivity contribution in [1.82, 2.24) is 20.0 Å². The number of hydrogen-bond acceptors (Lipinski definition) is 3. The van der Waals surface area contributed by atoms with Crippen molar-refractivity contribution in [3.05, 3.63) is 17.5 Å². The smallest absolute Gasteiger partial charge is 0.317 e. The van der Waals surface area contributed by atoms with Crippen LogP contribution in [0.1, 0.15) is 24.2 Å². The summed E-state index contributed by atoms with van der Waals surface area (Å²) in [4.78, 5) is 23.4. The number of aromatic nitrogens is 2. The first-order valence-corrected chi connectivity index (χ1v) is 6.62. The summed E-state index contributed by atoms with van der Waals surface area (Å²) < 4.78 is 1.91. The van der Waals surface area contributed by atoms with Crippen molar-refractivity contribution in [3.8, 4) is 0 Å². The monoisotopic (exact) mass is 282 g/mol. The molecular formula is C13H22N4O3. The summed E-state index contributed by atoms with van der Waals surface area (Å²) in [5.74, 6) is -0.908. The zero-order valence-corrected chi connectivity index (χ0v) is 12.2. The van der Waals surface area contributed by atoms with Gasteiger partial charge in [-0.1, -0.05) is 0 Å². The van der Waals surface area contributed by atoms with Gasteiger partial charge in [-0.25, -0.2) is 4.79 Å². The van der Waals surface area contributed by atoms with Gasteiger partial charge in [0, 0.05) is 32.4 Å². The Labute approximate surface area is 118 Å². The minimum atomic E-state index is -0.908. The van der Waals surface area contributed by atoms with Gasteiger partial charge in [-0.15, -0.1) is 0 Å². The number of nitrogens with one attached hydrogen (secondary N) is 1. The Hall–Kier alpha value is -2.05. The summed E-state index contributed by atoms with van der Waals surface area (Å²) >= 11 is 0. The third-order valence-electron chi connectivity index (χ3n) is 2.93. The zero-order valence-electron chi connectivity index (χ0n) is 12.2. The molecule has 0 spiro atoms. The first kappa shape index (κ1) is 16.0. The molecule has 0 unspecified atom stereocenters. The first-order chi connectivity index (χ1) is 9.40. The number of hydrogen-bond donors (Lipinski definition) is 2. The summed E-state index contributed by atoms with van der Waals surface area (Å²) in [6.07, 6.45) is 0.732. The third kappa shape index (κ3) is 5.29. The van der Waals surface area contributed by atoms with Crippen LogP contribution in [0, 0.1) is 13.8 Å². The van der Waals surface area contributed by atoms with Gasteiger partial charge in [-0.05, 0) is 26.3 Å². The highest BCUT2D eigenvalue weighted by atomic mass is 16.4. The standard InChI is InChI=1S/C13H22N4O3/c1-10-9-11(2)17(15-10)7-4-6-14-13(20)16(3)8-5-12(18)19/h9H,4-8H2,1-3H3,(H,14,20)(H,18,19). The van der Waals surface area contributed by atoms with E-state index in [4.69, 9.17) is 5.11 Å². The molecule has 0 fully saturated rings. The van der Waals surface area contributed by atoms with Crippen LogP contribution in [0.2, 0.25) is 0 Å². The van der Waals surface area contributed by atoms with Crippen LogP contribution in [0.15, 0.2) is 6.07 Å². The lowest BCUT2D eigenvalue weighted by Crippen LogP contribution is -2.39. The van der Waals surface area contributed by atoms with Crippen LogP contribution < -0.4 is 5.32 Å². The fraction of sp³-hybridized carbons (Fsp3) is 0.615. The van der Waals surface area contributed by atoms with E-state index < -0.39 is 5.97 Å². The van der Waals surface area contributed by atoms with Gasteiger partial charge in [0.1, 0.15) is 0 Å². The average Bonchev–Trinajstić information content (AvgIpc) is 2.69. The molecule has 0 saturated carbocycles. The van der Waals surface area contributed by atoms with E-state index in [-0.39, 0.29) is 19.0 Å². The normalized spacial score (nSPS) is 10.3. The summed E-state index contributed by atoms with van der Waals surface area (Å²) in [7, 11) is 1.58. The second kappa shape index (κ2) is 7.52. The molecule has 0 saturated heterocycles. The van der Waals surface area contributed by atoms with Gasteiger partial charge in [0.2, 0.25) is 0 Å². The van der Waals surface area contributed by atoms with E-state index in [9.17, 15) is 9.59 Å². The number of nitrogens with zero attached hydrogens (tertiary/aromatic N) is 3. The fourth-order valence-electron chi connectivity index (χ4n) is 1.83. The number of rotatable bonds is 7. The van der Waals surface area contributed by atoms with Crippen molar-refractivity contribution < 1.29 is 14.7 Å². The maximum atomic E-state index is 11.6. The summed E-state index contributed by atoms with van der Waals surface area (Å²) in [5.41, 5.74) is 2.09. The minimum absolute atomic E-state index is 0.0460. The molecule has 0 aliphatic carbocycles. The van der Waals surface area contributed by atoms with Crippen LogP contribution in [0.5, 0.6) is 0 Å². The summed E-state index contributed by atoms with van der Waals surface area (Å²) in [6.45, 7) is 5.44. The molecule has 0 radical (unpaired) electrons. The molecule has 112 valence electrons.